The summed E-state index contributed by atoms with van der Waals surface area (Å²) in [5.41, 5.74) is 1.24. The molecule has 10 heteroatoms. The van der Waals surface area contributed by atoms with Crippen molar-refractivity contribution in [1.29, 1.82) is 0 Å². The van der Waals surface area contributed by atoms with Gasteiger partial charge in [-0.05, 0) is 49.7 Å². The van der Waals surface area contributed by atoms with Crippen molar-refractivity contribution in [2.24, 2.45) is 7.05 Å². The molecule has 0 spiro atoms. The van der Waals surface area contributed by atoms with Crippen LogP contribution in [-0.4, -0.2) is 32.1 Å². The third-order valence-corrected chi connectivity index (χ3v) is 5.83. The topological polar surface area (TPSA) is 63.0 Å². The van der Waals surface area contributed by atoms with Crippen LogP contribution in [0.1, 0.15) is 46.2 Å². The van der Waals surface area contributed by atoms with Crippen molar-refractivity contribution < 1.29 is 18.0 Å². The first-order valence-electron chi connectivity index (χ1n) is 9.46. The summed E-state index contributed by atoms with van der Waals surface area (Å²) in [4.78, 5) is 19.2. The fourth-order valence-corrected chi connectivity index (χ4v) is 4.33. The summed E-state index contributed by atoms with van der Waals surface area (Å²) in [5, 5.41) is 9.46. The van der Waals surface area contributed by atoms with E-state index in [0.29, 0.717) is 5.13 Å². The minimum Gasteiger partial charge on any atom is -0.298 e. The third kappa shape index (κ3) is 4.54. The molecule has 1 amide bonds. The Bertz CT molecular complexity index is 1030. The van der Waals surface area contributed by atoms with Crippen LogP contribution in [0.3, 0.4) is 0 Å². The number of aryl methyl sites for hydroxylation is 1. The summed E-state index contributed by atoms with van der Waals surface area (Å²) in [6.07, 6.45) is -0.481. The molecule has 0 bridgehead atoms. The van der Waals surface area contributed by atoms with Gasteiger partial charge in [-0.1, -0.05) is 0 Å². The van der Waals surface area contributed by atoms with Crippen LogP contribution in [0.2, 0.25) is 0 Å². The molecule has 0 aliphatic carbocycles. The van der Waals surface area contributed by atoms with E-state index in [-0.39, 0.29) is 11.6 Å². The van der Waals surface area contributed by atoms with E-state index >= 15 is 0 Å². The normalized spacial score (nSPS) is 17.4. The molecule has 0 radical (unpaired) electrons. The van der Waals surface area contributed by atoms with Crippen molar-refractivity contribution in [3.63, 3.8) is 0 Å². The quantitative estimate of drug-likeness (QED) is 0.642. The average Bonchev–Trinajstić information content (AvgIpc) is 3.43. The third-order valence-electron chi connectivity index (χ3n) is 5.06. The molecule has 4 rings (SSSR count). The number of hydrogen-bond acceptors (Lipinski definition) is 5. The van der Waals surface area contributed by atoms with Crippen LogP contribution in [0.15, 0.2) is 41.9 Å². The molecule has 1 aliphatic heterocycles. The summed E-state index contributed by atoms with van der Waals surface area (Å²) in [7, 11) is 1.89. The first-order valence-corrected chi connectivity index (χ1v) is 10.3. The minimum absolute atomic E-state index is 0.150. The Morgan fingerprint density at radius 3 is 2.70 bits per heavy atom. The number of nitrogens with one attached hydrogen (secondary N) is 1. The highest BCUT2D eigenvalue weighted by molar-refractivity contribution is 7.14. The Kier molecular flexibility index (Phi) is 5.61. The lowest BCUT2D eigenvalue weighted by atomic mass is 10.1. The first-order chi connectivity index (χ1) is 14.3. The van der Waals surface area contributed by atoms with E-state index in [1.807, 2.05) is 24.7 Å². The number of aromatic nitrogens is 3. The molecular weight excluding hydrogens is 415 g/mol. The van der Waals surface area contributed by atoms with E-state index in [1.165, 1.54) is 11.3 Å². The molecule has 1 aromatic carbocycles. The number of halogens is 3. The SMILES string of the molecule is Cn1ccc(CN2CCC[C@H]2c2csc(NC(=O)c3ccc(C(F)(F)F)cc3)n2)n1. The predicted molar refractivity (Wildman–Crippen MR) is 107 cm³/mol. The Labute approximate surface area is 175 Å². The molecule has 1 saturated heterocycles. The van der Waals surface area contributed by atoms with Gasteiger partial charge in [0.25, 0.3) is 5.91 Å². The van der Waals surface area contributed by atoms with E-state index in [1.54, 1.807) is 4.68 Å². The van der Waals surface area contributed by atoms with E-state index < -0.39 is 17.6 Å². The van der Waals surface area contributed by atoms with Gasteiger partial charge < -0.3 is 0 Å². The summed E-state index contributed by atoms with van der Waals surface area (Å²) in [5.74, 6) is -0.485. The molecule has 1 fully saturated rings. The molecule has 30 heavy (non-hydrogen) atoms. The van der Waals surface area contributed by atoms with Crippen molar-refractivity contribution in [2.45, 2.75) is 31.6 Å². The van der Waals surface area contributed by atoms with Gasteiger partial charge in [-0.3, -0.25) is 19.7 Å². The number of thiazole rings is 1. The lowest BCUT2D eigenvalue weighted by Crippen LogP contribution is -2.23. The number of rotatable bonds is 5. The smallest absolute Gasteiger partial charge is 0.298 e. The van der Waals surface area contributed by atoms with Crippen LogP contribution in [0.4, 0.5) is 18.3 Å². The number of hydrogen-bond donors (Lipinski definition) is 1. The maximum atomic E-state index is 12.7. The number of anilines is 1. The number of nitrogens with zero attached hydrogens (tertiary/aromatic N) is 4. The molecule has 3 aromatic rings. The fourth-order valence-electron chi connectivity index (χ4n) is 3.58. The predicted octanol–water partition coefficient (Wildman–Crippen LogP) is 4.48. The Morgan fingerprint density at radius 1 is 1.27 bits per heavy atom. The van der Waals surface area contributed by atoms with Gasteiger partial charge in [0.1, 0.15) is 0 Å². The number of benzene rings is 1. The van der Waals surface area contributed by atoms with Gasteiger partial charge in [0.15, 0.2) is 5.13 Å². The monoisotopic (exact) mass is 435 g/mol. The molecule has 158 valence electrons. The van der Waals surface area contributed by atoms with E-state index in [0.717, 1.165) is 61.6 Å². The molecule has 3 heterocycles. The van der Waals surface area contributed by atoms with E-state index in [4.69, 9.17) is 0 Å². The highest BCUT2D eigenvalue weighted by Crippen LogP contribution is 2.34. The van der Waals surface area contributed by atoms with Crippen molar-refractivity contribution in [3.8, 4) is 0 Å². The number of amides is 1. The molecule has 6 nitrogen and oxygen atoms in total. The van der Waals surface area contributed by atoms with Crippen molar-refractivity contribution in [1.82, 2.24) is 19.7 Å². The minimum atomic E-state index is -4.43. The van der Waals surface area contributed by atoms with Gasteiger partial charge in [-0.15, -0.1) is 11.3 Å². The number of carbonyl (C=O) groups excluding carboxylic acids is 1. The molecule has 1 aliphatic rings. The Balaban J connectivity index is 1.41. The number of carbonyl (C=O) groups is 1. The number of alkyl halides is 3. The zero-order chi connectivity index (χ0) is 21.3. The molecule has 1 atom stereocenters. The fraction of sp³-hybridized carbons (Fsp3) is 0.350. The zero-order valence-electron chi connectivity index (χ0n) is 16.2. The lowest BCUT2D eigenvalue weighted by molar-refractivity contribution is -0.137. The van der Waals surface area contributed by atoms with Gasteiger partial charge in [0.05, 0.1) is 23.0 Å². The summed E-state index contributed by atoms with van der Waals surface area (Å²) in [6, 6.07) is 6.27. The van der Waals surface area contributed by atoms with Gasteiger partial charge >= 0.3 is 6.18 Å². The van der Waals surface area contributed by atoms with Crippen LogP contribution in [0.5, 0.6) is 0 Å². The summed E-state index contributed by atoms with van der Waals surface area (Å²) < 4.78 is 39.8. The Hall–Kier alpha value is -2.72. The lowest BCUT2D eigenvalue weighted by Gasteiger charge is -2.21. The van der Waals surface area contributed by atoms with Gasteiger partial charge in [-0.25, -0.2) is 4.98 Å². The molecule has 1 N–H and O–H groups in total. The largest absolute Gasteiger partial charge is 0.416 e. The van der Waals surface area contributed by atoms with Gasteiger partial charge in [0.2, 0.25) is 0 Å². The highest BCUT2D eigenvalue weighted by Gasteiger charge is 2.31. The number of likely N-dealkylation sites (tertiary alicyclic amines) is 1. The second-order valence-corrected chi connectivity index (χ2v) is 8.07. The first kappa shape index (κ1) is 20.5. The molecule has 0 saturated carbocycles. The van der Waals surface area contributed by atoms with Crippen LogP contribution >= 0.6 is 11.3 Å². The van der Waals surface area contributed by atoms with Crippen molar-refractivity contribution >= 4 is 22.4 Å². The molecular formula is C20H20F3N5OS. The van der Waals surface area contributed by atoms with Crippen LogP contribution < -0.4 is 5.32 Å². The maximum absolute atomic E-state index is 12.7. The van der Waals surface area contributed by atoms with Gasteiger partial charge in [0, 0.05) is 30.7 Å². The maximum Gasteiger partial charge on any atom is 0.416 e. The van der Waals surface area contributed by atoms with E-state index in [9.17, 15) is 18.0 Å². The van der Waals surface area contributed by atoms with Crippen LogP contribution in [0.25, 0.3) is 0 Å². The highest BCUT2D eigenvalue weighted by atomic mass is 32.1. The zero-order valence-corrected chi connectivity index (χ0v) is 17.0. The second kappa shape index (κ2) is 8.19. The average molecular weight is 435 g/mol. The summed E-state index contributed by atoms with van der Waals surface area (Å²) >= 11 is 1.31. The van der Waals surface area contributed by atoms with Crippen LogP contribution in [0, 0.1) is 0 Å². The van der Waals surface area contributed by atoms with Gasteiger partial charge in [-0.2, -0.15) is 18.3 Å². The molecule has 0 unspecified atom stereocenters. The second-order valence-electron chi connectivity index (χ2n) is 7.22. The standard InChI is InChI=1S/C20H20F3N5OS/c1-27-10-8-15(26-27)11-28-9-2-3-17(28)16-12-30-19(24-16)25-18(29)13-4-6-14(7-5-13)20(21,22)23/h4-8,10,12,17H,2-3,9,11H2,1H3,(H,24,25,29)/t17-/m0/s1. The van der Waals surface area contributed by atoms with E-state index in [2.05, 4.69) is 20.3 Å². The molecule has 2 aromatic heterocycles. The van der Waals surface area contributed by atoms with Crippen molar-refractivity contribution in [3.05, 3.63) is 64.4 Å². The summed E-state index contributed by atoms with van der Waals surface area (Å²) in [6.45, 7) is 1.68. The van der Waals surface area contributed by atoms with Crippen LogP contribution in [-0.2, 0) is 19.8 Å². The van der Waals surface area contributed by atoms with Crippen molar-refractivity contribution in [2.75, 3.05) is 11.9 Å². The Morgan fingerprint density at radius 2 is 2.03 bits per heavy atom.